The smallest absolute Gasteiger partial charge is 0.408 e. The van der Waals surface area contributed by atoms with Crippen molar-refractivity contribution in [3.63, 3.8) is 0 Å². The number of nitrogens with one attached hydrogen (secondary N) is 5. The molecule has 0 saturated heterocycles. The molecule has 5 amide bonds. The molecule has 0 unspecified atom stereocenters. The molecule has 1 aromatic rings. The van der Waals surface area contributed by atoms with Crippen LogP contribution in [0.4, 0.5) is 4.79 Å². The van der Waals surface area contributed by atoms with Gasteiger partial charge in [0.15, 0.2) is 0 Å². The summed E-state index contributed by atoms with van der Waals surface area (Å²) in [7, 11) is -3.54. The van der Waals surface area contributed by atoms with Crippen LogP contribution in [0.2, 0.25) is 0 Å². The van der Waals surface area contributed by atoms with E-state index in [1.807, 2.05) is 71.9 Å². The second-order valence-corrected chi connectivity index (χ2v) is 18.6. The van der Waals surface area contributed by atoms with Crippen LogP contribution in [-0.4, -0.2) is 91.1 Å². The molecule has 0 fully saturated rings. The van der Waals surface area contributed by atoms with E-state index < -0.39 is 81.2 Å². The fourth-order valence-corrected chi connectivity index (χ4v) is 6.32. The van der Waals surface area contributed by atoms with Gasteiger partial charge in [-0.15, -0.1) is 0 Å². The Morgan fingerprint density at radius 3 is 1.85 bits per heavy atom. The largest absolute Gasteiger partial charge is 0.444 e. The first-order chi connectivity index (χ1) is 24.9. The van der Waals surface area contributed by atoms with Crippen molar-refractivity contribution in [3.8, 4) is 0 Å². The first-order valence-corrected chi connectivity index (χ1v) is 21.1. The molecule has 7 atom stereocenters. The quantitative estimate of drug-likeness (QED) is 0.101. The van der Waals surface area contributed by atoms with Crippen molar-refractivity contribution >= 4 is 39.6 Å². The lowest BCUT2D eigenvalue weighted by atomic mass is 9.91. The predicted octanol–water partition coefficient (Wildman–Crippen LogP) is 3.61. The Bertz CT molecular complexity index is 1460. The minimum atomic E-state index is -3.54. The third-order valence-electron chi connectivity index (χ3n) is 8.79. The summed E-state index contributed by atoms with van der Waals surface area (Å²) < 4.78 is 29.6. The molecule has 14 nitrogen and oxygen atoms in total. The molecule has 0 saturated carbocycles. The van der Waals surface area contributed by atoms with Crippen LogP contribution in [0.5, 0.6) is 0 Å². The Morgan fingerprint density at radius 1 is 0.759 bits per heavy atom. The fourth-order valence-electron chi connectivity index (χ4n) is 5.66. The Labute approximate surface area is 323 Å². The van der Waals surface area contributed by atoms with Crippen LogP contribution < -0.4 is 26.6 Å². The normalized spacial score (nSPS) is 15.9. The number of rotatable bonds is 22. The first-order valence-electron chi connectivity index (χ1n) is 19.0. The van der Waals surface area contributed by atoms with Gasteiger partial charge in [-0.2, -0.15) is 0 Å². The highest BCUT2D eigenvalue weighted by atomic mass is 32.2. The number of aliphatic hydroxyl groups is 1. The second kappa shape index (κ2) is 22.6. The van der Waals surface area contributed by atoms with Crippen molar-refractivity contribution in [2.24, 2.45) is 23.7 Å². The Morgan fingerprint density at radius 2 is 1.33 bits per heavy atom. The van der Waals surface area contributed by atoms with Crippen LogP contribution in [0.25, 0.3) is 0 Å². The van der Waals surface area contributed by atoms with E-state index in [-0.39, 0.29) is 42.9 Å². The number of hydrogen-bond donors (Lipinski definition) is 6. The maximum Gasteiger partial charge on any atom is 0.408 e. The van der Waals surface area contributed by atoms with Crippen LogP contribution in [-0.2, 0) is 40.3 Å². The van der Waals surface area contributed by atoms with E-state index in [2.05, 4.69) is 26.6 Å². The van der Waals surface area contributed by atoms with Crippen molar-refractivity contribution in [3.05, 3.63) is 35.9 Å². The van der Waals surface area contributed by atoms with Crippen molar-refractivity contribution in [2.75, 3.05) is 12.0 Å². The van der Waals surface area contributed by atoms with Gasteiger partial charge in [0.25, 0.3) is 0 Å². The molecule has 308 valence electrons. The molecule has 6 N–H and O–H groups in total. The minimum Gasteiger partial charge on any atom is -0.444 e. The highest BCUT2D eigenvalue weighted by Gasteiger charge is 2.34. The lowest BCUT2D eigenvalue weighted by molar-refractivity contribution is -0.133. The molecular weight excluding hydrogens is 715 g/mol. The summed E-state index contributed by atoms with van der Waals surface area (Å²) in [6.45, 7) is 18.3. The van der Waals surface area contributed by atoms with E-state index in [4.69, 9.17) is 4.74 Å². The summed E-state index contributed by atoms with van der Waals surface area (Å²) in [4.78, 5) is 66.5. The van der Waals surface area contributed by atoms with E-state index in [0.717, 1.165) is 11.8 Å². The van der Waals surface area contributed by atoms with Gasteiger partial charge in [0.1, 0.15) is 33.6 Å². The first kappa shape index (κ1) is 48.3. The van der Waals surface area contributed by atoms with E-state index >= 15 is 0 Å². The molecule has 0 aliphatic rings. The van der Waals surface area contributed by atoms with Gasteiger partial charge in [-0.1, -0.05) is 85.2 Å². The highest BCUT2D eigenvalue weighted by Crippen LogP contribution is 2.18. The zero-order chi connectivity index (χ0) is 41.4. The van der Waals surface area contributed by atoms with Crippen LogP contribution in [0.3, 0.4) is 0 Å². The van der Waals surface area contributed by atoms with Crippen LogP contribution in [0.1, 0.15) is 107 Å². The van der Waals surface area contributed by atoms with Gasteiger partial charge in [0.05, 0.1) is 17.9 Å². The number of amides is 5. The number of carbonyl (C=O) groups is 5. The number of hydrogen-bond acceptors (Lipinski definition) is 9. The number of ether oxygens (including phenoxy) is 1. The summed E-state index contributed by atoms with van der Waals surface area (Å²) in [5, 5.41) is 25.1. The zero-order valence-electron chi connectivity index (χ0n) is 34.2. The van der Waals surface area contributed by atoms with Crippen molar-refractivity contribution in [1.82, 2.24) is 26.6 Å². The van der Waals surface area contributed by atoms with E-state index in [9.17, 15) is 37.5 Å². The van der Waals surface area contributed by atoms with Gasteiger partial charge in [-0.3, -0.25) is 19.2 Å². The van der Waals surface area contributed by atoms with Crippen molar-refractivity contribution in [2.45, 2.75) is 144 Å². The lowest BCUT2D eigenvalue weighted by Gasteiger charge is -2.31. The van der Waals surface area contributed by atoms with E-state index in [1.165, 1.54) is 0 Å². The van der Waals surface area contributed by atoms with Crippen LogP contribution in [0, 0.1) is 23.7 Å². The summed E-state index contributed by atoms with van der Waals surface area (Å²) in [5.74, 6) is -3.55. The molecule has 0 radical (unpaired) electrons. The van der Waals surface area contributed by atoms with Gasteiger partial charge >= 0.3 is 6.09 Å². The van der Waals surface area contributed by atoms with Crippen LogP contribution >= 0.6 is 0 Å². The molecule has 0 aromatic heterocycles. The number of benzene rings is 1. The fraction of sp³-hybridized carbons (Fsp3) is 0.718. The average molecular weight is 782 g/mol. The Kier molecular flexibility index (Phi) is 20.2. The number of sulfone groups is 1. The Balaban J connectivity index is 3.16. The third-order valence-corrected chi connectivity index (χ3v) is 9.77. The summed E-state index contributed by atoms with van der Waals surface area (Å²) in [5.41, 5.74) is 0.0960. The maximum absolute atomic E-state index is 13.8. The maximum atomic E-state index is 13.8. The zero-order valence-corrected chi connectivity index (χ0v) is 35.0. The van der Waals surface area contributed by atoms with Gasteiger partial charge in [-0.25, -0.2) is 13.2 Å². The van der Waals surface area contributed by atoms with Crippen molar-refractivity contribution < 1.29 is 42.2 Å². The monoisotopic (exact) mass is 781 g/mol. The molecule has 0 heterocycles. The molecule has 0 spiro atoms. The molecule has 1 rings (SSSR count). The predicted molar refractivity (Wildman–Crippen MR) is 210 cm³/mol. The number of alkyl carbamates (subject to hydrolysis) is 1. The second-order valence-electron chi connectivity index (χ2n) is 16.3. The minimum absolute atomic E-state index is 0.00492. The van der Waals surface area contributed by atoms with Crippen LogP contribution in [0.15, 0.2) is 30.3 Å². The Hall–Kier alpha value is -3.72. The number of aliphatic hydroxyl groups excluding tert-OH is 1. The number of carbonyl (C=O) groups excluding carboxylic acids is 5. The van der Waals surface area contributed by atoms with Gasteiger partial charge < -0.3 is 36.4 Å². The summed E-state index contributed by atoms with van der Waals surface area (Å²) >= 11 is 0. The third kappa shape index (κ3) is 19.6. The molecule has 0 aliphatic heterocycles. The average Bonchev–Trinajstić information content (AvgIpc) is 3.05. The topological polar surface area (TPSA) is 209 Å². The van der Waals surface area contributed by atoms with Gasteiger partial charge in [0, 0.05) is 18.7 Å². The SMILES string of the molecule is CC[C@H](C)[C@H](NC(=O)[C@H](C)C[C@H](O)[C@H](CC(C)C)NC(=O)[C@H](CCS(C)(=O)=O)NC(=O)[C@H](CC(C)C)NC(=O)OC(C)(C)C)C(=O)NCc1ccccc1. The molecule has 1 aromatic carbocycles. The standard InChI is InChI=1S/C39H67N5O9S/c1-12-26(6)33(37(49)40-23-28-16-14-13-15-17-28)44-34(46)27(7)22-32(45)30(20-24(2)3)42-35(47)29(18-19-54(11,51)52)41-36(48)31(21-25(4)5)43-38(50)53-39(8,9)10/h13-17,24-27,29-33,45H,12,18-23H2,1-11H3,(H,40,49)(H,41,48)(H,42,47)(H,43,50)(H,44,46)/t26-,27+,29-,30-,31-,32-,33-/m0/s1. The molecule has 54 heavy (non-hydrogen) atoms. The van der Waals surface area contributed by atoms with Gasteiger partial charge in [-0.05, 0) is 69.8 Å². The molecule has 0 aliphatic carbocycles. The van der Waals surface area contributed by atoms with Crippen molar-refractivity contribution in [1.29, 1.82) is 0 Å². The lowest BCUT2D eigenvalue weighted by Crippen LogP contribution is -2.57. The molecular formula is C39H67N5O9S. The van der Waals surface area contributed by atoms with E-state index in [0.29, 0.717) is 19.4 Å². The summed E-state index contributed by atoms with van der Waals surface area (Å²) in [6, 6.07) is 5.34. The van der Waals surface area contributed by atoms with Gasteiger partial charge in [0.2, 0.25) is 23.6 Å². The highest BCUT2D eigenvalue weighted by molar-refractivity contribution is 7.90. The molecule has 15 heteroatoms. The summed E-state index contributed by atoms with van der Waals surface area (Å²) in [6.07, 6.45) is -0.166. The van der Waals surface area contributed by atoms with E-state index in [1.54, 1.807) is 27.7 Å². The molecule has 0 bridgehead atoms.